The molecule has 1 aromatic carbocycles. The van der Waals surface area contributed by atoms with Gasteiger partial charge in [0.15, 0.2) is 0 Å². The Morgan fingerprint density at radius 3 is 2.50 bits per heavy atom. The highest BCUT2D eigenvalue weighted by Gasteiger charge is 2.29. The number of benzene rings is 1. The van der Waals surface area contributed by atoms with Crippen LogP contribution in [0.2, 0.25) is 0 Å². The van der Waals surface area contributed by atoms with Crippen LogP contribution in [-0.4, -0.2) is 34.0 Å². The normalized spacial score (nSPS) is 16.8. The van der Waals surface area contributed by atoms with Crippen molar-refractivity contribution in [1.29, 1.82) is 0 Å². The number of hydrogen-bond donors (Lipinski definition) is 2. The molecule has 2 heterocycles. The molecule has 1 aliphatic heterocycles. The van der Waals surface area contributed by atoms with Gasteiger partial charge in [-0.2, -0.15) is 0 Å². The summed E-state index contributed by atoms with van der Waals surface area (Å²) in [6.45, 7) is 0.964. The fourth-order valence-electron chi connectivity index (χ4n) is 3.11. The van der Waals surface area contributed by atoms with E-state index in [0.29, 0.717) is 31.5 Å². The van der Waals surface area contributed by atoms with Crippen LogP contribution < -0.4 is 5.56 Å². The minimum atomic E-state index is -0.678. The SMILES string of the molecule is O=C(c1ccc[nH]c1=O)N1CCC(C(O)c2ccc(F)cc2)CC1. The van der Waals surface area contributed by atoms with Crippen LogP contribution in [0.25, 0.3) is 0 Å². The van der Waals surface area contributed by atoms with E-state index in [-0.39, 0.29) is 23.2 Å². The molecule has 126 valence electrons. The molecule has 0 radical (unpaired) electrons. The zero-order valence-electron chi connectivity index (χ0n) is 13.1. The number of aliphatic hydroxyl groups is 1. The summed E-state index contributed by atoms with van der Waals surface area (Å²) in [5.74, 6) is -0.611. The van der Waals surface area contributed by atoms with E-state index in [0.717, 1.165) is 0 Å². The van der Waals surface area contributed by atoms with E-state index >= 15 is 0 Å². The summed E-state index contributed by atoms with van der Waals surface area (Å²) in [4.78, 5) is 28.3. The third-order valence-corrected chi connectivity index (χ3v) is 4.53. The van der Waals surface area contributed by atoms with Gasteiger partial charge >= 0.3 is 0 Å². The number of carbonyl (C=O) groups is 1. The number of likely N-dealkylation sites (tertiary alicyclic amines) is 1. The van der Waals surface area contributed by atoms with Crippen molar-refractivity contribution in [3.63, 3.8) is 0 Å². The van der Waals surface area contributed by atoms with Gasteiger partial charge in [-0.3, -0.25) is 9.59 Å². The van der Waals surface area contributed by atoms with E-state index in [1.807, 2.05) is 0 Å². The first kappa shape index (κ1) is 16.4. The maximum absolute atomic E-state index is 13.0. The first-order chi connectivity index (χ1) is 11.6. The molecule has 1 unspecified atom stereocenters. The predicted molar refractivity (Wildman–Crippen MR) is 87.1 cm³/mol. The van der Waals surface area contributed by atoms with Crippen LogP contribution in [0.3, 0.4) is 0 Å². The second-order valence-electron chi connectivity index (χ2n) is 6.04. The Labute approximate surface area is 138 Å². The summed E-state index contributed by atoms with van der Waals surface area (Å²) in [5.41, 5.74) is 0.423. The molecule has 0 aliphatic carbocycles. The number of nitrogens with one attached hydrogen (secondary N) is 1. The van der Waals surface area contributed by atoms with Gasteiger partial charge in [-0.05, 0) is 48.6 Å². The van der Waals surface area contributed by atoms with Crippen LogP contribution >= 0.6 is 0 Å². The Morgan fingerprint density at radius 1 is 1.21 bits per heavy atom. The molecule has 0 bridgehead atoms. The Balaban J connectivity index is 1.63. The molecular formula is C18H19FN2O3. The van der Waals surface area contributed by atoms with Crippen LogP contribution in [0.5, 0.6) is 0 Å². The second kappa shape index (κ2) is 6.97. The van der Waals surface area contributed by atoms with Crippen LogP contribution in [0, 0.1) is 11.7 Å². The fourth-order valence-corrected chi connectivity index (χ4v) is 3.11. The molecule has 1 saturated heterocycles. The smallest absolute Gasteiger partial charge is 0.260 e. The third-order valence-electron chi connectivity index (χ3n) is 4.53. The molecule has 0 spiro atoms. The summed E-state index contributed by atoms with van der Waals surface area (Å²) in [6.07, 6.45) is 2.08. The molecule has 2 aromatic rings. The maximum atomic E-state index is 13.0. The van der Waals surface area contributed by atoms with E-state index in [1.165, 1.54) is 24.4 Å². The van der Waals surface area contributed by atoms with Gasteiger partial charge in [0.1, 0.15) is 11.4 Å². The van der Waals surface area contributed by atoms with Crippen molar-refractivity contribution in [2.24, 2.45) is 5.92 Å². The summed E-state index contributed by atoms with van der Waals surface area (Å²) in [7, 11) is 0. The van der Waals surface area contributed by atoms with Crippen LogP contribution in [-0.2, 0) is 0 Å². The van der Waals surface area contributed by atoms with E-state index < -0.39 is 11.7 Å². The molecule has 0 saturated carbocycles. The Morgan fingerprint density at radius 2 is 1.88 bits per heavy atom. The van der Waals surface area contributed by atoms with Gasteiger partial charge in [0, 0.05) is 19.3 Å². The lowest BCUT2D eigenvalue weighted by Gasteiger charge is -2.34. The minimum Gasteiger partial charge on any atom is -0.388 e. The van der Waals surface area contributed by atoms with Crippen molar-refractivity contribution in [2.75, 3.05) is 13.1 Å². The van der Waals surface area contributed by atoms with E-state index in [2.05, 4.69) is 4.98 Å². The minimum absolute atomic E-state index is 0.00793. The number of carbonyl (C=O) groups excluding carboxylic acids is 1. The number of hydrogen-bond acceptors (Lipinski definition) is 3. The van der Waals surface area contributed by atoms with Crippen LogP contribution in [0.4, 0.5) is 4.39 Å². The Hall–Kier alpha value is -2.47. The highest BCUT2D eigenvalue weighted by Crippen LogP contribution is 2.31. The zero-order chi connectivity index (χ0) is 17.1. The average molecular weight is 330 g/mol. The van der Waals surface area contributed by atoms with Crippen molar-refractivity contribution in [3.05, 3.63) is 69.9 Å². The summed E-state index contributed by atoms with van der Waals surface area (Å²) in [6, 6.07) is 8.97. The number of aliphatic hydroxyl groups excluding tert-OH is 1. The van der Waals surface area contributed by atoms with Crippen molar-refractivity contribution in [1.82, 2.24) is 9.88 Å². The average Bonchev–Trinajstić information content (AvgIpc) is 2.62. The number of nitrogens with zero attached hydrogens (tertiary/aromatic N) is 1. The van der Waals surface area contributed by atoms with Gasteiger partial charge < -0.3 is 15.0 Å². The van der Waals surface area contributed by atoms with Crippen molar-refractivity contribution in [2.45, 2.75) is 18.9 Å². The second-order valence-corrected chi connectivity index (χ2v) is 6.04. The van der Waals surface area contributed by atoms with Gasteiger partial charge in [0.25, 0.3) is 11.5 Å². The number of pyridine rings is 1. The number of H-pyrrole nitrogens is 1. The molecule has 1 aromatic heterocycles. The predicted octanol–water partition coefficient (Wildman–Crippen LogP) is 2.10. The van der Waals surface area contributed by atoms with Crippen molar-refractivity contribution >= 4 is 5.91 Å². The molecule has 2 N–H and O–H groups in total. The number of piperidine rings is 1. The summed E-state index contributed by atoms with van der Waals surface area (Å²) in [5, 5.41) is 10.4. The number of rotatable bonds is 3. The number of aromatic amines is 1. The van der Waals surface area contributed by atoms with Gasteiger partial charge in [0.2, 0.25) is 0 Å². The molecule has 5 nitrogen and oxygen atoms in total. The highest BCUT2D eigenvalue weighted by molar-refractivity contribution is 5.93. The van der Waals surface area contributed by atoms with Crippen LogP contribution in [0.1, 0.15) is 34.9 Å². The van der Waals surface area contributed by atoms with Crippen LogP contribution in [0.15, 0.2) is 47.4 Å². The Bertz CT molecular complexity index is 764. The first-order valence-corrected chi connectivity index (χ1v) is 7.97. The molecule has 1 fully saturated rings. The molecule has 24 heavy (non-hydrogen) atoms. The number of aromatic nitrogens is 1. The van der Waals surface area contributed by atoms with Gasteiger partial charge in [0.05, 0.1) is 6.10 Å². The fraction of sp³-hybridized carbons (Fsp3) is 0.333. The molecule has 1 amide bonds. The molecule has 3 rings (SSSR count). The summed E-state index contributed by atoms with van der Waals surface area (Å²) < 4.78 is 13.0. The molecule has 6 heteroatoms. The lowest BCUT2D eigenvalue weighted by atomic mass is 9.87. The zero-order valence-corrected chi connectivity index (χ0v) is 13.1. The molecule has 1 atom stereocenters. The van der Waals surface area contributed by atoms with E-state index in [4.69, 9.17) is 0 Å². The van der Waals surface area contributed by atoms with Gasteiger partial charge in [-0.15, -0.1) is 0 Å². The number of amides is 1. The number of halogens is 1. The summed E-state index contributed by atoms with van der Waals surface area (Å²) >= 11 is 0. The standard InChI is InChI=1S/C18H19FN2O3/c19-14-5-3-12(4-6-14)16(22)13-7-10-21(11-8-13)18(24)15-2-1-9-20-17(15)23/h1-6,9,13,16,22H,7-8,10-11H2,(H,20,23). The third kappa shape index (κ3) is 3.38. The van der Waals surface area contributed by atoms with Crippen molar-refractivity contribution in [3.8, 4) is 0 Å². The van der Waals surface area contributed by atoms with Gasteiger partial charge in [-0.1, -0.05) is 12.1 Å². The maximum Gasteiger partial charge on any atom is 0.260 e. The molecule has 1 aliphatic rings. The van der Waals surface area contributed by atoms with Crippen molar-refractivity contribution < 1.29 is 14.3 Å². The Kier molecular flexibility index (Phi) is 4.76. The molecular weight excluding hydrogens is 311 g/mol. The quantitative estimate of drug-likeness (QED) is 0.905. The monoisotopic (exact) mass is 330 g/mol. The largest absolute Gasteiger partial charge is 0.388 e. The lowest BCUT2D eigenvalue weighted by molar-refractivity contribution is 0.0461. The van der Waals surface area contributed by atoms with E-state index in [9.17, 15) is 19.1 Å². The first-order valence-electron chi connectivity index (χ1n) is 7.97. The van der Waals surface area contributed by atoms with E-state index in [1.54, 1.807) is 23.1 Å². The topological polar surface area (TPSA) is 73.4 Å². The van der Waals surface area contributed by atoms with Gasteiger partial charge in [-0.25, -0.2) is 4.39 Å². The highest BCUT2D eigenvalue weighted by atomic mass is 19.1. The lowest BCUT2D eigenvalue weighted by Crippen LogP contribution is -2.41.